The fourth-order valence-electron chi connectivity index (χ4n) is 7.09. The molecule has 0 aliphatic carbocycles. The molecule has 3 aromatic rings. The molecule has 17 heteroatoms. The number of nitrogens with one attached hydrogen (secondary N) is 1. The maximum atomic E-state index is 16.2. The summed E-state index contributed by atoms with van der Waals surface area (Å²) in [5.74, 6) is -4.60. The van der Waals surface area contributed by atoms with E-state index in [1.807, 2.05) is 0 Å². The summed E-state index contributed by atoms with van der Waals surface area (Å²) in [6.07, 6.45) is -9.61. The summed E-state index contributed by atoms with van der Waals surface area (Å²) in [5, 5.41) is 13.3. The number of carbonyl (C=O) groups is 2. The number of hydrogen-bond acceptors (Lipinski definition) is 6. The van der Waals surface area contributed by atoms with E-state index in [0.29, 0.717) is 10.5 Å². The Morgan fingerprint density at radius 3 is 2.26 bits per heavy atom. The molecule has 3 atom stereocenters. The van der Waals surface area contributed by atoms with Crippen LogP contribution in [0.5, 0.6) is 5.75 Å². The van der Waals surface area contributed by atoms with Gasteiger partial charge in [0.1, 0.15) is 29.6 Å². The predicted molar refractivity (Wildman–Crippen MR) is 196 cm³/mol. The number of ether oxygens (including phenoxy) is 1. The summed E-state index contributed by atoms with van der Waals surface area (Å²) < 4.78 is 135. The predicted octanol–water partition coefficient (Wildman–Crippen LogP) is 9.71. The molecule has 2 aliphatic rings. The number of allylic oxidation sites excluding steroid dienone is 1. The molecular weight excluding hydrogens is 837 g/mol. The molecule has 2 N–H and O–H groups in total. The number of aryl methyl sites for hydroxylation is 2. The zero-order chi connectivity index (χ0) is 42.1. The van der Waals surface area contributed by atoms with Crippen molar-refractivity contribution in [1.82, 2.24) is 15.1 Å². The molecule has 0 radical (unpaired) electrons. The summed E-state index contributed by atoms with van der Waals surface area (Å²) in [4.78, 5) is 30.4. The number of likely N-dealkylation sites (tertiary alicyclic amines) is 1. The number of rotatable bonds is 12. The highest BCUT2D eigenvalue weighted by Crippen LogP contribution is 2.43. The molecule has 2 unspecified atom stereocenters. The summed E-state index contributed by atoms with van der Waals surface area (Å²) in [5.41, 5.74) is -3.15. The highest BCUT2D eigenvalue weighted by molar-refractivity contribution is 9.10. The van der Waals surface area contributed by atoms with Gasteiger partial charge in [-0.1, -0.05) is 15.9 Å². The van der Waals surface area contributed by atoms with E-state index in [2.05, 4.69) is 21.2 Å². The lowest BCUT2D eigenvalue weighted by Gasteiger charge is -2.40. The van der Waals surface area contributed by atoms with E-state index >= 15 is 8.78 Å². The first kappa shape index (κ1) is 43.6. The number of phenolic OH excluding ortho intramolecular Hbond substituents is 1. The first-order valence-corrected chi connectivity index (χ1v) is 18.6. The summed E-state index contributed by atoms with van der Waals surface area (Å²) in [7, 11) is 0. The van der Waals surface area contributed by atoms with Gasteiger partial charge in [0.05, 0.1) is 30.2 Å². The number of hydrogen-bond donors (Lipinski definition) is 2. The number of alkyl halides is 7. The van der Waals surface area contributed by atoms with Crippen molar-refractivity contribution >= 4 is 27.8 Å². The third kappa shape index (κ3) is 9.97. The Kier molecular flexibility index (Phi) is 13.1. The van der Waals surface area contributed by atoms with Crippen LogP contribution in [0, 0.1) is 25.5 Å². The van der Waals surface area contributed by atoms with Gasteiger partial charge in [-0.2, -0.15) is 26.3 Å². The third-order valence-electron chi connectivity index (χ3n) is 9.82. The van der Waals surface area contributed by atoms with Crippen LogP contribution in [0.1, 0.15) is 66.6 Å². The SMILES string of the molecule is CCOC(=O)C[C@H](NC(=O)C(c1cc(Br)ccc1F)N1C=C(CCN2CC(F)C2)C(C(F)(F)F)=CC1C)c1cc(-c2c(C)cc(C(F)(F)F)cc2O)cc(C)c1F. The van der Waals surface area contributed by atoms with Crippen molar-refractivity contribution in [2.24, 2.45) is 0 Å². The Hall–Kier alpha value is -4.51. The van der Waals surface area contributed by atoms with Gasteiger partial charge in [-0.3, -0.25) is 14.5 Å². The average Bonchev–Trinajstić information content (AvgIpc) is 3.08. The Labute approximate surface area is 331 Å². The zero-order valence-corrected chi connectivity index (χ0v) is 32.7. The van der Waals surface area contributed by atoms with Gasteiger partial charge in [0.25, 0.3) is 0 Å². The van der Waals surface area contributed by atoms with Crippen LogP contribution < -0.4 is 5.32 Å². The highest BCUT2D eigenvalue weighted by Gasteiger charge is 2.42. The van der Waals surface area contributed by atoms with E-state index in [9.17, 15) is 45.4 Å². The Balaban J connectivity index is 1.62. The first-order chi connectivity index (χ1) is 26.6. The van der Waals surface area contributed by atoms with Gasteiger partial charge in [-0.15, -0.1) is 0 Å². The van der Waals surface area contributed by atoms with Crippen LogP contribution in [0.25, 0.3) is 11.1 Å². The molecule has 57 heavy (non-hydrogen) atoms. The van der Waals surface area contributed by atoms with Gasteiger partial charge in [0.15, 0.2) is 0 Å². The number of phenols is 1. The molecule has 2 aliphatic heterocycles. The molecule has 0 saturated carbocycles. The lowest BCUT2D eigenvalue weighted by Crippen LogP contribution is -2.49. The molecule has 2 heterocycles. The quantitative estimate of drug-likeness (QED) is 0.139. The van der Waals surface area contributed by atoms with Crippen LogP contribution in [0.15, 0.2) is 70.4 Å². The second kappa shape index (κ2) is 17.1. The second-order valence-electron chi connectivity index (χ2n) is 14.0. The van der Waals surface area contributed by atoms with Crippen LogP contribution in [0.2, 0.25) is 0 Å². The van der Waals surface area contributed by atoms with E-state index in [0.717, 1.165) is 30.5 Å². The van der Waals surface area contributed by atoms with Crippen molar-refractivity contribution in [3.05, 3.63) is 110 Å². The van der Waals surface area contributed by atoms with Gasteiger partial charge in [0.2, 0.25) is 5.91 Å². The fourth-order valence-corrected chi connectivity index (χ4v) is 7.47. The highest BCUT2D eigenvalue weighted by atomic mass is 79.9. The van der Waals surface area contributed by atoms with Crippen LogP contribution in [0.3, 0.4) is 0 Å². The third-order valence-corrected chi connectivity index (χ3v) is 10.3. The minimum atomic E-state index is -4.81. The zero-order valence-electron chi connectivity index (χ0n) is 31.1. The van der Waals surface area contributed by atoms with Gasteiger partial charge in [-0.05, 0) is 105 Å². The summed E-state index contributed by atoms with van der Waals surface area (Å²) >= 11 is 3.25. The van der Waals surface area contributed by atoms with Crippen molar-refractivity contribution in [3.63, 3.8) is 0 Å². The molecule has 5 rings (SSSR count). The number of halogens is 10. The monoisotopic (exact) mass is 875 g/mol. The van der Waals surface area contributed by atoms with Gasteiger partial charge >= 0.3 is 18.3 Å². The molecule has 0 bridgehead atoms. The van der Waals surface area contributed by atoms with E-state index in [1.54, 1.807) is 4.90 Å². The average molecular weight is 877 g/mol. The Bertz CT molecular complexity index is 2060. The fraction of sp³-hybridized carbons (Fsp3) is 0.400. The Morgan fingerprint density at radius 2 is 1.67 bits per heavy atom. The second-order valence-corrected chi connectivity index (χ2v) is 15.0. The molecule has 1 saturated heterocycles. The van der Waals surface area contributed by atoms with Gasteiger partial charge in [-0.25, -0.2) is 13.2 Å². The molecule has 7 nitrogen and oxygen atoms in total. The molecule has 308 valence electrons. The molecular formula is C40H39BrF9N3O4. The van der Waals surface area contributed by atoms with Gasteiger partial charge < -0.3 is 20.1 Å². The van der Waals surface area contributed by atoms with Gasteiger partial charge in [0, 0.05) is 53.0 Å². The summed E-state index contributed by atoms with van der Waals surface area (Å²) in [6.45, 7) is 5.53. The van der Waals surface area contributed by atoms with E-state index in [1.165, 1.54) is 50.8 Å². The normalized spacial score (nSPS) is 17.7. The maximum absolute atomic E-state index is 16.2. The lowest BCUT2D eigenvalue weighted by atomic mass is 9.90. The molecule has 1 amide bonds. The van der Waals surface area contributed by atoms with E-state index < -0.39 is 83.5 Å². The molecule has 3 aromatic carbocycles. The smallest absolute Gasteiger partial charge is 0.416 e. The molecule has 0 aromatic heterocycles. The van der Waals surface area contributed by atoms with Crippen LogP contribution in [0.4, 0.5) is 39.5 Å². The standard InChI is InChI=1S/C40H39BrF9N3O4/c1-5-57-34(55)16-32(29-13-24(10-21(3)36(29)44)35-20(2)11-25(14-33(35)54)39(45,46)47)51-38(56)37(28-15-26(41)6-7-31(28)43)53-17-23(8-9-52-18-27(42)19-52)30(12-22(53)4)40(48,49)50/h6-7,10-15,17,22,27,32,37,54H,5,8-9,16,18-19H2,1-4H3,(H,51,56)/t22?,32-,37?/m0/s1. The Morgan fingerprint density at radius 1 is 0.982 bits per heavy atom. The van der Waals surface area contributed by atoms with E-state index in [-0.39, 0.29) is 71.6 Å². The molecule has 1 fully saturated rings. The lowest BCUT2D eigenvalue weighted by molar-refractivity contribution is -0.144. The first-order valence-electron chi connectivity index (χ1n) is 17.8. The number of carbonyl (C=O) groups excluding carboxylic acids is 2. The minimum absolute atomic E-state index is 0.0259. The minimum Gasteiger partial charge on any atom is -0.507 e. The largest absolute Gasteiger partial charge is 0.507 e. The van der Waals surface area contributed by atoms with Crippen LogP contribution >= 0.6 is 15.9 Å². The maximum Gasteiger partial charge on any atom is 0.416 e. The summed E-state index contributed by atoms with van der Waals surface area (Å²) in [6, 6.07) is 2.85. The van der Waals surface area contributed by atoms with Crippen molar-refractivity contribution in [2.45, 2.75) is 77.2 Å². The van der Waals surface area contributed by atoms with Crippen LogP contribution in [-0.4, -0.2) is 71.4 Å². The topological polar surface area (TPSA) is 82.1 Å². The van der Waals surface area contributed by atoms with Crippen molar-refractivity contribution in [1.29, 1.82) is 0 Å². The number of benzene rings is 3. The van der Waals surface area contributed by atoms with Crippen molar-refractivity contribution in [2.75, 3.05) is 26.2 Å². The number of nitrogens with zero attached hydrogens (tertiary/aromatic N) is 2. The van der Waals surface area contributed by atoms with Crippen molar-refractivity contribution in [3.8, 4) is 16.9 Å². The number of amides is 1. The van der Waals surface area contributed by atoms with E-state index in [4.69, 9.17) is 4.74 Å². The van der Waals surface area contributed by atoms with Crippen molar-refractivity contribution < 1.29 is 58.9 Å². The molecule has 0 spiro atoms. The number of aromatic hydroxyl groups is 1. The van der Waals surface area contributed by atoms with Crippen LogP contribution in [-0.2, 0) is 20.5 Å². The number of esters is 1.